The average Bonchev–Trinajstić information content (AvgIpc) is 2.37. The van der Waals surface area contributed by atoms with E-state index < -0.39 is 11.5 Å². The Morgan fingerprint density at radius 2 is 2.06 bits per heavy atom. The number of carbonyl (C=O) groups is 2. The molecule has 0 aliphatic carbocycles. The lowest BCUT2D eigenvalue weighted by molar-refractivity contribution is -0.156. The van der Waals surface area contributed by atoms with Gasteiger partial charge in [0.15, 0.2) is 5.78 Å². The van der Waals surface area contributed by atoms with Gasteiger partial charge in [-0.15, -0.1) is 0 Å². The lowest BCUT2D eigenvalue weighted by Gasteiger charge is -2.34. The third kappa shape index (κ3) is 1.98. The molecule has 1 aliphatic rings. The molecule has 1 heterocycles. The van der Waals surface area contributed by atoms with Crippen LogP contribution >= 0.6 is 0 Å². The summed E-state index contributed by atoms with van der Waals surface area (Å²) >= 11 is 0. The van der Waals surface area contributed by atoms with Crippen LogP contribution in [0.1, 0.15) is 30.6 Å². The first kappa shape index (κ1) is 12.6. The molecule has 0 amide bonds. The molecule has 0 unspecified atom stereocenters. The molecule has 4 heteroatoms. The number of hydrogen-bond acceptors (Lipinski definition) is 4. The van der Waals surface area contributed by atoms with Gasteiger partial charge in [0.2, 0.25) is 0 Å². The van der Waals surface area contributed by atoms with Crippen molar-refractivity contribution in [2.45, 2.75) is 26.4 Å². The van der Waals surface area contributed by atoms with Crippen molar-refractivity contribution in [1.29, 1.82) is 0 Å². The van der Waals surface area contributed by atoms with Crippen LogP contribution in [0.15, 0.2) is 24.3 Å². The second-order valence-electron chi connectivity index (χ2n) is 4.94. The predicted molar refractivity (Wildman–Crippen MR) is 65.6 cm³/mol. The highest BCUT2D eigenvalue weighted by atomic mass is 16.5. The molecule has 0 bridgehead atoms. The number of methoxy groups -OCH3 is 1. The summed E-state index contributed by atoms with van der Waals surface area (Å²) in [6.07, 6.45) is -0.300. The number of para-hydroxylation sites is 1. The smallest absolute Gasteiger partial charge is 0.315 e. The van der Waals surface area contributed by atoms with Crippen molar-refractivity contribution in [3.8, 4) is 5.75 Å². The van der Waals surface area contributed by atoms with Crippen LogP contribution in [0.3, 0.4) is 0 Å². The van der Waals surface area contributed by atoms with Gasteiger partial charge in [0.1, 0.15) is 11.9 Å². The number of rotatable bonds is 2. The van der Waals surface area contributed by atoms with Crippen molar-refractivity contribution in [2.75, 3.05) is 7.11 Å². The standard InChI is InChI=1S/C14H16O4/c1-14(2,13(16)17-3)12-8-10(15)9-6-4-5-7-11(9)18-12/h4-7,12H,8H2,1-3H3/t12-/m0/s1. The maximum Gasteiger partial charge on any atom is 0.315 e. The molecule has 4 nitrogen and oxygen atoms in total. The number of ketones is 1. The Hall–Kier alpha value is -1.84. The van der Waals surface area contributed by atoms with Crippen LogP contribution in [0.25, 0.3) is 0 Å². The molecule has 0 N–H and O–H groups in total. The van der Waals surface area contributed by atoms with Gasteiger partial charge in [0.05, 0.1) is 18.1 Å². The summed E-state index contributed by atoms with van der Waals surface area (Å²) < 4.78 is 10.5. The van der Waals surface area contributed by atoms with E-state index in [0.717, 1.165) is 0 Å². The average molecular weight is 248 g/mol. The van der Waals surface area contributed by atoms with Crippen molar-refractivity contribution in [3.05, 3.63) is 29.8 Å². The molecule has 1 aliphatic heterocycles. The Morgan fingerprint density at radius 3 is 2.72 bits per heavy atom. The minimum absolute atomic E-state index is 0.00109. The molecule has 96 valence electrons. The normalized spacial score (nSPS) is 18.8. The lowest BCUT2D eigenvalue weighted by Crippen LogP contribution is -2.45. The van der Waals surface area contributed by atoms with Crippen LogP contribution < -0.4 is 4.74 Å². The zero-order chi connectivity index (χ0) is 13.3. The van der Waals surface area contributed by atoms with Crippen LogP contribution in [0.5, 0.6) is 5.75 Å². The number of fused-ring (bicyclic) bond motifs is 1. The maximum absolute atomic E-state index is 12.0. The van der Waals surface area contributed by atoms with Gasteiger partial charge < -0.3 is 9.47 Å². The van der Waals surface area contributed by atoms with E-state index in [2.05, 4.69) is 0 Å². The number of hydrogen-bond donors (Lipinski definition) is 0. The van der Waals surface area contributed by atoms with E-state index in [4.69, 9.17) is 9.47 Å². The zero-order valence-corrected chi connectivity index (χ0v) is 10.7. The first-order valence-corrected chi connectivity index (χ1v) is 5.84. The lowest BCUT2D eigenvalue weighted by atomic mass is 9.81. The van der Waals surface area contributed by atoms with Gasteiger partial charge in [0, 0.05) is 6.42 Å². The van der Waals surface area contributed by atoms with Gasteiger partial charge in [-0.05, 0) is 26.0 Å². The fraction of sp³-hybridized carbons (Fsp3) is 0.429. The van der Waals surface area contributed by atoms with Gasteiger partial charge in [-0.25, -0.2) is 0 Å². The highest BCUT2D eigenvalue weighted by Crippen LogP contribution is 2.35. The number of ether oxygens (including phenoxy) is 2. The molecule has 0 saturated heterocycles. The molecule has 0 aromatic heterocycles. The van der Waals surface area contributed by atoms with E-state index in [-0.39, 0.29) is 18.2 Å². The van der Waals surface area contributed by atoms with E-state index in [1.165, 1.54) is 7.11 Å². The van der Waals surface area contributed by atoms with E-state index in [1.807, 2.05) is 0 Å². The zero-order valence-electron chi connectivity index (χ0n) is 10.7. The summed E-state index contributed by atoms with van der Waals surface area (Å²) in [6, 6.07) is 7.08. The van der Waals surface area contributed by atoms with E-state index in [9.17, 15) is 9.59 Å². The van der Waals surface area contributed by atoms with E-state index in [1.54, 1.807) is 38.1 Å². The number of Topliss-reactive ketones (excluding diaryl/α,β-unsaturated/α-hetero) is 1. The summed E-state index contributed by atoms with van der Waals surface area (Å²) in [6.45, 7) is 3.45. The van der Waals surface area contributed by atoms with Gasteiger partial charge in [0.25, 0.3) is 0 Å². The third-order valence-electron chi connectivity index (χ3n) is 3.34. The Balaban J connectivity index is 2.31. The minimum atomic E-state index is -0.849. The fourth-order valence-corrected chi connectivity index (χ4v) is 2.07. The second kappa shape index (κ2) is 4.44. The minimum Gasteiger partial charge on any atom is -0.488 e. The molecule has 0 fully saturated rings. The predicted octanol–water partition coefficient (Wildman–Crippen LogP) is 2.22. The van der Waals surface area contributed by atoms with Crippen molar-refractivity contribution < 1.29 is 19.1 Å². The molecule has 1 atom stereocenters. The Labute approximate surface area is 106 Å². The van der Waals surface area contributed by atoms with Gasteiger partial charge in [-0.2, -0.15) is 0 Å². The van der Waals surface area contributed by atoms with Crippen LogP contribution in [-0.2, 0) is 9.53 Å². The molecule has 18 heavy (non-hydrogen) atoms. The monoisotopic (exact) mass is 248 g/mol. The number of carbonyl (C=O) groups excluding carboxylic acids is 2. The van der Waals surface area contributed by atoms with Crippen molar-refractivity contribution in [3.63, 3.8) is 0 Å². The third-order valence-corrected chi connectivity index (χ3v) is 3.34. The van der Waals surface area contributed by atoms with Gasteiger partial charge in [-0.3, -0.25) is 9.59 Å². The first-order valence-electron chi connectivity index (χ1n) is 5.84. The molecule has 1 aromatic rings. The highest BCUT2D eigenvalue weighted by molar-refractivity contribution is 6.00. The summed E-state index contributed by atoms with van der Waals surface area (Å²) in [5.74, 6) is 0.161. The Kier molecular flexibility index (Phi) is 3.11. The summed E-state index contributed by atoms with van der Waals surface area (Å²) in [7, 11) is 1.34. The maximum atomic E-state index is 12.0. The SMILES string of the molecule is COC(=O)C(C)(C)[C@@H]1CC(=O)c2ccccc2O1. The molecule has 0 spiro atoms. The number of benzene rings is 1. The van der Waals surface area contributed by atoms with Crippen LogP contribution in [0.2, 0.25) is 0 Å². The molecular weight excluding hydrogens is 232 g/mol. The van der Waals surface area contributed by atoms with Crippen molar-refractivity contribution in [2.24, 2.45) is 5.41 Å². The quantitative estimate of drug-likeness (QED) is 0.753. The Bertz CT molecular complexity index is 490. The fourth-order valence-electron chi connectivity index (χ4n) is 2.07. The van der Waals surface area contributed by atoms with E-state index >= 15 is 0 Å². The molecule has 0 saturated carbocycles. The van der Waals surface area contributed by atoms with Crippen molar-refractivity contribution >= 4 is 11.8 Å². The topological polar surface area (TPSA) is 52.6 Å². The van der Waals surface area contributed by atoms with E-state index in [0.29, 0.717) is 11.3 Å². The molecule has 2 rings (SSSR count). The number of esters is 1. The summed E-state index contributed by atoms with van der Waals surface area (Å²) in [5, 5.41) is 0. The van der Waals surface area contributed by atoms with Gasteiger partial charge in [-0.1, -0.05) is 12.1 Å². The molecular formula is C14H16O4. The molecule has 1 aromatic carbocycles. The summed E-state index contributed by atoms with van der Waals surface area (Å²) in [4.78, 5) is 23.8. The Morgan fingerprint density at radius 1 is 1.39 bits per heavy atom. The van der Waals surface area contributed by atoms with Crippen molar-refractivity contribution in [1.82, 2.24) is 0 Å². The van der Waals surface area contributed by atoms with Crippen LogP contribution in [-0.4, -0.2) is 25.0 Å². The second-order valence-corrected chi connectivity index (χ2v) is 4.94. The summed E-state index contributed by atoms with van der Waals surface area (Å²) in [5.41, 5.74) is -0.271. The van der Waals surface area contributed by atoms with Gasteiger partial charge >= 0.3 is 5.97 Å². The van der Waals surface area contributed by atoms with Crippen LogP contribution in [0, 0.1) is 5.41 Å². The first-order chi connectivity index (χ1) is 8.46. The molecule has 0 radical (unpaired) electrons. The highest BCUT2D eigenvalue weighted by Gasteiger charge is 2.43. The largest absolute Gasteiger partial charge is 0.488 e. The van der Waals surface area contributed by atoms with Crippen LogP contribution in [0.4, 0.5) is 0 Å².